The Bertz CT molecular complexity index is 993. The van der Waals surface area contributed by atoms with Crippen LogP contribution in [-0.4, -0.2) is 31.5 Å². The van der Waals surface area contributed by atoms with Crippen molar-refractivity contribution in [2.45, 2.75) is 13.0 Å². The van der Waals surface area contributed by atoms with Gasteiger partial charge in [0.2, 0.25) is 10.0 Å². The minimum atomic E-state index is -3.50. The molecule has 0 atom stereocenters. The fraction of sp³-hybridized carbons (Fsp3) is 0.200. The van der Waals surface area contributed by atoms with E-state index >= 15 is 0 Å². The van der Waals surface area contributed by atoms with Gasteiger partial charge in [-0.3, -0.25) is 4.72 Å². The highest BCUT2D eigenvalue weighted by Crippen LogP contribution is 2.18. The number of hydrogen-bond acceptors (Lipinski definition) is 6. The largest absolute Gasteiger partial charge is 0.496 e. The number of anilines is 2. The van der Waals surface area contributed by atoms with Gasteiger partial charge in [0.15, 0.2) is 5.82 Å². The number of ether oxygens (including phenoxy) is 1. The van der Waals surface area contributed by atoms with Gasteiger partial charge in [0.25, 0.3) is 0 Å². The van der Waals surface area contributed by atoms with E-state index in [1.807, 2.05) is 54.6 Å². The van der Waals surface area contributed by atoms with Gasteiger partial charge in [-0.2, -0.15) is 0 Å². The predicted molar refractivity (Wildman–Crippen MR) is 110 cm³/mol. The molecule has 0 aliphatic carbocycles. The summed E-state index contributed by atoms with van der Waals surface area (Å²) < 4.78 is 32.2. The highest BCUT2D eigenvalue weighted by atomic mass is 32.2. The number of hydrogen-bond donors (Lipinski definition) is 2. The number of benzene rings is 2. The van der Waals surface area contributed by atoms with Gasteiger partial charge in [-0.05, 0) is 30.2 Å². The third kappa shape index (κ3) is 5.68. The van der Waals surface area contributed by atoms with Crippen LogP contribution >= 0.6 is 0 Å². The number of rotatable bonds is 9. The molecule has 2 aromatic carbocycles. The summed E-state index contributed by atoms with van der Waals surface area (Å²) in [5.74, 6) is 1.49. The molecule has 0 radical (unpaired) electrons. The van der Waals surface area contributed by atoms with E-state index in [-0.39, 0.29) is 11.6 Å². The molecule has 3 aromatic rings. The minimum absolute atomic E-state index is 0.0213. The van der Waals surface area contributed by atoms with Crippen molar-refractivity contribution >= 4 is 21.7 Å². The van der Waals surface area contributed by atoms with E-state index in [1.165, 1.54) is 0 Å². The number of aromatic nitrogens is 2. The van der Waals surface area contributed by atoms with Crippen molar-refractivity contribution in [2.75, 3.05) is 22.9 Å². The summed E-state index contributed by atoms with van der Waals surface area (Å²) in [6, 6.07) is 20.4. The molecule has 0 spiro atoms. The normalized spacial score (nSPS) is 11.0. The molecule has 0 unspecified atom stereocenters. The molecule has 0 saturated carbocycles. The smallest absolute Gasteiger partial charge is 0.234 e. The molecule has 0 fully saturated rings. The van der Waals surface area contributed by atoms with E-state index < -0.39 is 10.0 Å². The van der Waals surface area contributed by atoms with E-state index in [0.717, 1.165) is 16.9 Å². The second-order valence-electron chi connectivity index (χ2n) is 6.13. The Morgan fingerprint density at radius 3 is 2.29 bits per heavy atom. The molecule has 0 amide bonds. The molecule has 2 N–H and O–H groups in total. The van der Waals surface area contributed by atoms with Crippen molar-refractivity contribution in [1.29, 1.82) is 0 Å². The first-order valence-corrected chi connectivity index (χ1v) is 10.4. The zero-order chi connectivity index (χ0) is 19.8. The fourth-order valence-corrected chi connectivity index (χ4v) is 3.66. The maximum atomic E-state index is 12.2. The maximum absolute atomic E-state index is 12.2. The van der Waals surface area contributed by atoms with E-state index in [9.17, 15) is 8.42 Å². The zero-order valence-electron chi connectivity index (χ0n) is 15.5. The van der Waals surface area contributed by atoms with Gasteiger partial charge in [-0.25, -0.2) is 8.42 Å². The lowest BCUT2D eigenvalue weighted by molar-refractivity contribution is 0.410. The number of nitrogens with zero attached hydrogens (tertiary/aromatic N) is 2. The molecular weight excluding hydrogens is 376 g/mol. The SMILES string of the molecule is COc1ccccc1CNc1ccc(NS(=O)(=O)CCc2ccccc2)nn1. The van der Waals surface area contributed by atoms with Crippen LogP contribution < -0.4 is 14.8 Å². The lowest BCUT2D eigenvalue weighted by Gasteiger charge is -2.10. The van der Waals surface area contributed by atoms with Crippen LogP contribution in [0.1, 0.15) is 11.1 Å². The number of aryl methyl sites for hydroxylation is 1. The molecule has 0 saturated heterocycles. The summed E-state index contributed by atoms with van der Waals surface area (Å²) in [6.07, 6.45) is 0.433. The first-order valence-electron chi connectivity index (χ1n) is 8.80. The van der Waals surface area contributed by atoms with Crippen molar-refractivity contribution in [1.82, 2.24) is 10.2 Å². The van der Waals surface area contributed by atoms with Crippen LogP contribution in [0.2, 0.25) is 0 Å². The van der Waals surface area contributed by atoms with Crippen LogP contribution in [0.15, 0.2) is 66.7 Å². The molecule has 8 heteroatoms. The lowest BCUT2D eigenvalue weighted by Crippen LogP contribution is -2.19. The molecule has 7 nitrogen and oxygen atoms in total. The first-order chi connectivity index (χ1) is 13.6. The summed E-state index contributed by atoms with van der Waals surface area (Å²) in [4.78, 5) is 0. The van der Waals surface area contributed by atoms with Crippen molar-refractivity contribution in [3.63, 3.8) is 0 Å². The monoisotopic (exact) mass is 398 g/mol. The number of sulfonamides is 1. The Hall–Kier alpha value is -3.13. The Morgan fingerprint density at radius 2 is 1.57 bits per heavy atom. The zero-order valence-corrected chi connectivity index (χ0v) is 16.3. The third-order valence-corrected chi connectivity index (χ3v) is 5.34. The summed E-state index contributed by atoms with van der Waals surface area (Å²) in [7, 11) is -1.88. The van der Waals surface area contributed by atoms with Gasteiger partial charge in [-0.15, -0.1) is 10.2 Å². The van der Waals surface area contributed by atoms with Crippen LogP contribution in [0.25, 0.3) is 0 Å². The molecular formula is C20H22N4O3S. The van der Waals surface area contributed by atoms with Crippen molar-refractivity contribution in [3.8, 4) is 5.75 Å². The van der Waals surface area contributed by atoms with Crippen LogP contribution in [0, 0.1) is 0 Å². The van der Waals surface area contributed by atoms with Crippen molar-refractivity contribution < 1.29 is 13.2 Å². The molecule has 0 bridgehead atoms. The second kappa shape index (κ2) is 9.18. The Labute approximate surface area is 164 Å². The third-order valence-electron chi connectivity index (χ3n) is 4.08. The van der Waals surface area contributed by atoms with E-state index in [2.05, 4.69) is 20.2 Å². The number of methoxy groups -OCH3 is 1. The van der Waals surface area contributed by atoms with Gasteiger partial charge >= 0.3 is 0 Å². The van der Waals surface area contributed by atoms with Gasteiger partial charge < -0.3 is 10.1 Å². The van der Waals surface area contributed by atoms with Crippen LogP contribution in [-0.2, 0) is 23.0 Å². The van der Waals surface area contributed by atoms with E-state index in [4.69, 9.17) is 4.74 Å². The van der Waals surface area contributed by atoms with Crippen LogP contribution in [0.5, 0.6) is 5.75 Å². The highest BCUT2D eigenvalue weighted by Gasteiger charge is 2.12. The topological polar surface area (TPSA) is 93.2 Å². The fourth-order valence-electron chi connectivity index (χ4n) is 2.62. The van der Waals surface area contributed by atoms with Crippen LogP contribution in [0.3, 0.4) is 0 Å². The van der Waals surface area contributed by atoms with Gasteiger partial charge in [0.1, 0.15) is 11.6 Å². The molecule has 0 aliphatic heterocycles. The molecule has 1 aromatic heterocycles. The Balaban J connectivity index is 1.55. The Morgan fingerprint density at radius 1 is 0.893 bits per heavy atom. The van der Waals surface area contributed by atoms with Crippen molar-refractivity contribution in [3.05, 3.63) is 77.9 Å². The van der Waals surface area contributed by atoms with E-state index in [1.54, 1.807) is 19.2 Å². The standard InChI is InChI=1S/C20H22N4O3S/c1-27-18-10-6-5-9-17(18)15-21-19-11-12-20(23-22-19)24-28(25,26)14-13-16-7-3-2-4-8-16/h2-12H,13-15H2,1H3,(H,21,22)(H,23,24). The molecule has 28 heavy (non-hydrogen) atoms. The average molecular weight is 398 g/mol. The number of nitrogens with one attached hydrogen (secondary N) is 2. The van der Waals surface area contributed by atoms with E-state index in [0.29, 0.717) is 18.8 Å². The quantitative estimate of drug-likeness (QED) is 0.575. The summed E-state index contributed by atoms with van der Waals surface area (Å²) in [5, 5.41) is 11.1. The first kappa shape index (κ1) is 19.6. The number of para-hydroxylation sites is 1. The van der Waals surface area contributed by atoms with Gasteiger partial charge in [-0.1, -0.05) is 48.5 Å². The summed E-state index contributed by atoms with van der Waals surface area (Å²) in [6.45, 7) is 0.515. The second-order valence-corrected chi connectivity index (χ2v) is 7.97. The Kier molecular flexibility index (Phi) is 6.44. The summed E-state index contributed by atoms with van der Waals surface area (Å²) in [5.41, 5.74) is 1.95. The highest BCUT2D eigenvalue weighted by molar-refractivity contribution is 7.92. The minimum Gasteiger partial charge on any atom is -0.496 e. The molecule has 3 rings (SSSR count). The molecule has 1 heterocycles. The van der Waals surface area contributed by atoms with Gasteiger partial charge in [0.05, 0.1) is 12.9 Å². The van der Waals surface area contributed by atoms with Crippen molar-refractivity contribution in [2.24, 2.45) is 0 Å². The average Bonchev–Trinajstić information content (AvgIpc) is 2.72. The molecule has 0 aliphatic rings. The predicted octanol–water partition coefficient (Wildman–Crippen LogP) is 3.08. The van der Waals surface area contributed by atoms with Gasteiger partial charge in [0, 0.05) is 12.1 Å². The maximum Gasteiger partial charge on any atom is 0.234 e. The summed E-state index contributed by atoms with van der Waals surface area (Å²) >= 11 is 0. The molecule has 146 valence electrons. The van der Waals surface area contributed by atoms with Crippen LogP contribution in [0.4, 0.5) is 11.6 Å². The lowest BCUT2D eigenvalue weighted by atomic mass is 10.2.